The van der Waals surface area contributed by atoms with Gasteiger partial charge in [-0.1, -0.05) is 81.7 Å². The minimum atomic E-state index is -1.98. The van der Waals surface area contributed by atoms with Gasteiger partial charge in [0.05, 0.1) is 77.5 Å². The summed E-state index contributed by atoms with van der Waals surface area (Å²) in [6.07, 6.45) is 27.2. The summed E-state index contributed by atoms with van der Waals surface area (Å²) in [7, 11) is 0. The van der Waals surface area contributed by atoms with E-state index in [1.165, 1.54) is 23.1 Å². The van der Waals surface area contributed by atoms with Crippen LogP contribution in [0.2, 0.25) is 0 Å². The minimum Gasteiger partial charge on any atom is -0.396 e. The Morgan fingerprint density at radius 2 is 1.67 bits per heavy atom. The number of fused-ring (bicyclic) bond motifs is 8. The molecule has 8 saturated carbocycles. The zero-order chi connectivity index (χ0) is 62.4. The van der Waals surface area contributed by atoms with Gasteiger partial charge in [-0.25, -0.2) is 0 Å². The van der Waals surface area contributed by atoms with Gasteiger partial charge in [0.15, 0.2) is 5.78 Å². The molecule has 3 heterocycles. The van der Waals surface area contributed by atoms with Gasteiger partial charge in [-0.15, -0.1) is 0 Å². The number of carbonyl (C=O) groups is 1. The van der Waals surface area contributed by atoms with Crippen LogP contribution < -0.4 is 16.4 Å². The maximum atomic E-state index is 16.7. The molecule has 0 radical (unpaired) electrons. The van der Waals surface area contributed by atoms with Crippen molar-refractivity contribution < 1.29 is 60.2 Å². The summed E-state index contributed by atoms with van der Waals surface area (Å²) < 4.78 is 14.5. The predicted octanol–water partition coefficient (Wildman–Crippen LogP) is 8.44. The number of dihydropyridines is 1. The summed E-state index contributed by atoms with van der Waals surface area (Å²) in [4.78, 5) is 16.7. The summed E-state index contributed by atoms with van der Waals surface area (Å²) in [6.45, 7) is 4.06. The second kappa shape index (κ2) is 23.8. The average molecular weight is 1250 g/mol. The van der Waals surface area contributed by atoms with Crippen molar-refractivity contribution in [2.75, 3.05) is 13.2 Å². The van der Waals surface area contributed by atoms with E-state index in [9.17, 15) is 35.7 Å². The van der Waals surface area contributed by atoms with Gasteiger partial charge in [0.2, 0.25) is 0 Å². The maximum absolute atomic E-state index is 16.7. The molecule has 1 unspecified atom stereocenters. The van der Waals surface area contributed by atoms with Crippen molar-refractivity contribution in [3.63, 3.8) is 0 Å². The molecule has 12 aliphatic carbocycles. The fraction of sp³-hybridized carbons (Fsp3) is 0.827. The number of rotatable bonds is 13. The molecule has 90 heavy (non-hydrogen) atoms. The monoisotopic (exact) mass is 1250 g/mol. The smallest absolute Gasteiger partial charge is 0.182 e. The largest absolute Gasteiger partial charge is 0.396 e. The van der Waals surface area contributed by atoms with E-state index in [2.05, 4.69) is 29.7 Å². The highest BCUT2D eigenvalue weighted by Gasteiger charge is 2.81. The molecular weight excluding hydrogens is 1130 g/mol. The van der Waals surface area contributed by atoms with Crippen LogP contribution in [0.15, 0.2) is 69.6 Å². The Hall–Kier alpha value is -2.77. The standard InChI is InChI=1S/C75H111N3O12/c1-3-10-41-17-22-51-59(25-18-41)90-69-64(51)54(80)15-8-29-75(69,88)70(2,85)61-28-31-74(87)65-66(77-39-57(83)42-11-5-4-6-12-42)67(84)52-36-55(81)56(82)38-71(52)37-45(48-24-26-62(76)78-53(48)14-9-32-79)27-30-72(86,68(65)71)40-73(61,74)47-21-19-43-35-60-63-44(33-46(43)34-47)20-23-50(63)49-13-7-16-58(49)89-60/h23-24,26-27,30,41-43,45-47,49,51-52,54-62,64,68-69,77-83,85-88H,3-22,25,28-29,31-40,76H2,1-2H3/t41-,43+,45-,46-,47+,49-,51-,52+,54+,55-,56+,57+,58-,59-,60+,61-,62?,64-,68+,69-,70-,71+,72-,73+,74-,75-/m1/s1. The lowest BCUT2D eigenvalue weighted by atomic mass is 9.37. The highest BCUT2D eigenvalue weighted by Crippen LogP contribution is 2.78. The molecule has 13 N–H and O–H groups in total. The molecule has 0 aromatic carbocycles. The van der Waals surface area contributed by atoms with Gasteiger partial charge in [-0.3, -0.25) is 4.79 Å². The van der Waals surface area contributed by atoms with E-state index >= 15 is 15.0 Å². The van der Waals surface area contributed by atoms with Crippen LogP contribution >= 0.6 is 0 Å². The van der Waals surface area contributed by atoms with Crippen LogP contribution in [0.5, 0.6) is 0 Å². The minimum absolute atomic E-state index is 0.00209. The zero-order valence-corrected chi connectivity index (χ0v) is 54.2. The second-order valence-corrected chi connectivity index (χ2v) is 33.1. The third-order valence-electron chi connectivity index (χ3n) is 29.0. The Balaban J connectivity index is 0.919. The van der Waals surface area contributed by atoms with E-state index in [-0.39, 0.29) is 112 Å². The molecule has 15 heteroatoms. The summed E-state index contributed by atoms with van der Waals surface area (Å²) in [5.41, 5.74) is 3.15. The Labute approximate surface area is 534 Å². The number of ether oxygens (including phenoxy) is 2. The van der Waals surface area contributed by atoms with Crippen LogP contribution in [-0.2, 0) is 14.3 Å². The highest BCUT2D eigenvalue weighted by atomic mass is 16.5. The predicted molar refractivity (Wildman–Crippen MR) is 341 cm³/mol. The quantitative estimate of drug-likeness (QED) is 0.0772. The summed E-state index contributed by atoms with van der Waals surface area (Å²) in [5.74, 6) is -2.65. The molecule has 15 aliphatic rings. The van der Waals surface area contributed by atoms with Crippen LogP contribution in [0.25, 0.3) is 0 Å². The van der Waals surface area contributed by atoms with Gasteiger partial charge in [0.25, 0.3) is 0 Å². The van der Waals surface area contributed by atoms with Gasteiger partial charge in [0, 0.05) is 53.9 Å². The molecule has 0 aromatic rings. The van der Waals surface area contributed by atoms with Crippen molar-refractivity contribution in [3.8, 4) is 0 Å². The number of Topliss-reactive ketones (excluding diaryl/α,β-unsaturated/α-hetero) is 1. The van der Waals surface area contributed by atoms with Gasteiger partial charge in [0.1, 0.15) is 5.60 Å². The molecule has 1 spiro atoms. The Kier molecular flexibility index (Phi) is 16.7. The van der Waals surface area contributed by atoms with Crippen molar-refractivity contribution in [2.45, 2.75) is 290 Å². The Morgan fingerprint density at radius 3 is 2.48 bits per heavy atom. The number of ketones is 1. The Morgan fingerprint density at radius 1 is 0.844 bits per heavy atom. The van der Waals surface area contributed by atoms with E-state index in [1.807, 2.05) is 25.2 Å². The van der Waals surface area contributed by atoms with Crippen molar-refractivity contribution in [3.05, 3.63) is 69.6 Å². The lowest BCUT2D eigenvalue weighted by molar-refractivity contribution is -0.277. The van der Waals surface area contributed by atoms with Gasteiger partial charge < -0.3 is 71.8 Å². The van der Waals surface area contributed by atoms with E-state index in [1.54, 1.807) is 0 Å². The van der Waals surface area contributed by atoms with E-state index in [0.717, 1.165) is 120 Å². The number of aliphatic hydroxyl groups excluding tert-OH is 5. The van der Waals surface area contributed by atoms with Gasteiger partial charge >= 0.3 is 0 Å². The van der Waals surface area contributed by atoms with Crippen molar-refractivity contribution in [1.82, 2.24) is 10.6 Å². The number of hydrogen-bond donors (Lipinski definition) is 12. The van der Waals surface area contributed by atoms with Crippen molar-refractivity contribution in [2.24, 2.45) is 87.6 Å². The molecule has 0 amide bonds. The first-order valence-electron chi connectivity index (χ1n) is 36.9. The van der Waals surface area contributed by atoms with E-state index in [0.29, 0.717) is 61.9 Å². The van der Waals surface area contributed by atoms with Crippen LogP contribution in [0, 0.1) is 81.8 Å². The maximum Gasteiger partial charge on any atom is 0.182 e. The summed E-state index contributed by atoms with van der Waals surface area (Å²) in [6, 6.07) is 0. The molecular formula is C75H111N3O12. The third-order valence-corrected chi connectivity index (χ3v) is 29.0. The van der Waals surface area contributed by atoms with Crippen LogP contribution in [0.1, 0.15) is 213 Å². The normalized spacial score (nSPS) is 49.0. The number of nitrogens with one attached hydrogen (secondary N) is 2. The topological polar surface area (TPSA) is 268 Å². The molecule has 0 bridgehead atoms. The lowest BCUT2D eigenvalue weighted by Gasteiger charge is -2.69. The lowest BCUT2D eigenvalue weighted by Crippen LogP contribution is -2.75. The Bertz CT molecular complexity index is 2950. The first-order chi connectivity index (χ1) is 43.3. The molecule has 0 aromatic heterocycles. The number of hydrogen-bond acceptors (Lipinski definition) is 15. The average Bonchev–Trinajstić information content (AvgIpc) is 1.30. The SMILES string of the molecule is CCC[C@@H]1CC[C@H]2[C@H]3[C@@H](O[C@@H]2CC1)[C@@](O)([C@](C)(O)[C@H]1CC[C@@]2(O)C4=C(NC[C@H](O)C5CCCCC5)C(=O)[C@@H]5C[C@@H](O)[C@@H](O)C[C@@]56C[C@H](C5=C(CCCO)NC(N)C=C5)C=C[C@@](O)(C[C@]12[C@H]1CC[C@H]2C[C@@H]5O[C@@H]7CCC[C@@H]7C7=CCC(=C75)C[C@@H]2C1)[C@@H]46)CCC[C@@H]3O. The molecule has 498 valence electrons. The zero-order valence-electron chi connectivity index (χ0n) is 54.2. The van der Waals surface area contributed by atoms with Crippen molar-refractivity contribution >= 4 is 5.78 Å². The molecule has 2 saturated heterocycles. The number of nitrogens with two attached hydrogens (primary N) is 1. The molecule has 3 aliphatic heterocycles. The third kappa shape index (κ3) is 9.73. The first kappa shape index (κ1) is 63.3. The van der Waals surface area contributed by atoms with Crippen LogP contribution in [0.3, 0.4) is 0 Å². The summed E-state index contributed by atoms with van der Waals surface area (Å²) >= 11 is 0. The van der Waals surface area contributed by atoms with Crippen LogP contribution in [0.4, 0.5) is 0 Å². The van der Waals surface area contributed by atoms with Gasteiger partial charge in [-0.05, 0) is 236 Å². The fourth-order valence-electron chi connectivity index (χ4n) is 25.2. The second-order valence-electron chi connectivity index (χ2n) is 33.1. The molecule has 10 fully saturated rings. The number of allylic oxidation sites excluding steroid dienone is 7. The highest BCUT2D eigenvalue weighted by molar-refractivity contribution is 6.00. The van der Waals surface area contributed by atoms with Crippen molar-refractivity contribution in [1.29, 1.82) is 0 Å². The van der Waals surface area contributed by atoms with E-state index in [4.69, 9.17) is 15.2 Å². The number of aliphatic hydroxyl groups is 9. The first-order valence-corrected chi connectivity index (χ1v) is 36.9. The summed E-state index contributed by atoms with van der Waals surface area (Å²) in [5, 5.41) is 126. The van der Waals surface area contributed by atoms with Crippen LogP contribution in [-0.4, -0.2) is 142 Å². The fourth-order valence-corrected chi connectivity index (χ4v) is 25.2. The van der Waals surface area contributed by atoms with Gasteiger partial charge in [-0.2, -0.15) is 0 Å². The molecule has 26 atom stereocenters. The number of carbonyl (C=O) groups excluding carboxylic acids is 1. The molecule has 15 rings (SSSR count). The van der Waals surface area contributed by atoms with E-state index < -0.39 is 99.5 Å². The molecule has 15 nitrogen and oxygen atoms in total.